The Kier molecular flexibility index (Phi) is 3.38. The van der Waals surface area contributed by atoms with Crippen molar-refractivity contribution in [3.8, 4) is 0 Å². The van der Waals surface area contributed by atoms with Gasteiger partial charge in [0.1, 0.15) is 5.52 Å². The number of oxazole rings is 1. The van der Waals surface area contributed by atoms with Crippen LogP contribution in [0, 0.1) is 6.92 Å². The normalized spacial score (nSPS) is 20.6. The van der Waals surface area contributed by atoms with Crippen molar-refractivity contribution in [1.29, 1.82) is 0 Å². The molecule has 1 saturated heterocycles. The van der Waals surface area contributed by atoms with E-state index >= 15 is 0 Å². The smallest absolute Gasteiger partial charge is 0.261 e. The highest BCUT2D eigenvalue weighted by Gasteiger charge is 2.45. The van der Waals surface area contributed by atoms with Gasteiger partial charge < -0.3 is 14.5 Å². The lowest BCUT2D eigenvalue weighted by atomic mass is 9.92. The number of benzene rings is 1. The van der Waals surface area contributed by atoms with Gasteiger partial charge in [0, 0.05) is 32.3 Å². The van der Waals surface area contributed by atoms with Crippen molar-refractivity contribution in [2.24, 2.45) is 7.05 Å². The number of hydrogen-bond donors (Lipinski definition) is 1. The second-order valence-corrected chi connectivity index (χ2v) is 6.02. The lowest BCUT2D eigenvalue weighted by Gasteiger charge is -2.26. The van der Waals surface area contributed by atoms with E-state index in [4.69, 9.17) is 9.15 Å². The summed E-state index contributed by atoms with van der Waals surface area (Å²) >= 11 is 0. The number of anilines is 1. The van der Waals surface area contributed by atoms with Crippen molar-refractivity contribution in [2.75, 3.05) is 11.9 Å². The molecule has 3 aromatic rings. The van der Waals surface area contributed by atoms with Crippen LogP contribution in [0.5, 0.6) is 0 Å². The zero-order valence-electron chi connectivity index (χ0n) is 13.6. The summed E-state index contributed by atoms with van der Waals surface area (Å²) in [5.74, 6) is 0.354. The zero-order chi connectivity index (χ0) is 16.7. The average Bonchev–Trinajstić information content (AvgIpc) is 3.26. The van der Waals surface area contributed by atoms with Gasteiger partial charge in [0.25, 0.3) is 5.91 Å². The molecule has 1 N–H and O–H groups in total. The maximum atomic E-state index is 13.1. The Morgan fingerprint density at radius 1 is 1.42 bits per heavy atom. The van der Waals surface area contributed by atoms with Gasteiger partial charge in [-0.3, -0.25) is 9.48 Å². The Morgan fingerprint density at radius 2 is 2.29 bits per heavy atom. The van der Waals surface area contributed by atoms with Crippen LogP contribution < -0.4 is 5.32 Å². The van der Waals surface area contributed by atoms with Crippen LogP contribution in [0.3, 0.4) is 0 Å². The second-order valence-electron chi connectivity index (χ2n) is 6.02. The molecular formula is C17H18N4O3. The van der Waals surface area contributed by atoms with Crippen molar-refractivity contribution in [1.82, 2.24) is 14.8 Å². The van der Waals surface area contributed by atoms with Crippen LogP contribution in [0.2, 0.25) is 0 Å². The Balaban J connectivity index is 1.71. The van der Waals surface area contributed by atoms with Crippen molar-refractivity contribution >= 4 is 22.7 Å². The fraction of sp³-hybridized carbons (Fsp3) is 0.353. The minimum Gasteiger partial charge on any atom is -0.441 e. The fourth-order valence-electron chi connectivity index (χ4n) is 3.19. The third-order valence-corrected chi connectivity index (χ3v) is 4.33. The van der Waals surface area contributed by atoms with Crippen molar-refractivity contribution in [2.45, 2.75) is 25.4 Å². The molecule has 1 aliphatic heterocycles. The first-order chi connectivity index (χ1) is 11.6. The highest BCUT2D eigenvalue weighted by molar-refractivity contribution is 6.03. The second kappa shape index (κ2) is 5.45. The summed E-state index contributed by atoms with van der Waals surface area (Å²) in [6, 6.07) is 5.47. The van der Waals surface area contributed by atoms with Crippen LogP contribution >= 0.6 is 0 Å². The third kappa shape index (κ3) is 2.28. The number of fused-ring (bicyclic) bond motifs is 1. The molecule has 1 unspecified atom stereocenters. The molecule has 0 spiro atoms. The first-order valence-electron chi connectivity index (χ1n) is 7.89. The summed E-state index contributed by atoms with van der Waals surface area (Å²) in [6.07, 6.45) is 4.96. The summed E-state index contributed by atoms with van der Waals surface area (Å²) in [5, 5.41) is 7.14. The molecule has 24 heavy (non-hydrogen) atoms. The standard InChI is InChI=1S/C17H18N4O3/c1-11-19-15-13(5-3-6-14(15)24-11)20-16(22)17(7-4-8-23-17)12-9-18-21(2)10-12/h3,5-6,9-10H,4,7-8H2,1-2H3,(H,20,22). The fourth-order valence-corrected chi connectivity index (χ4v) is 3.19. The number of amides is 1. The van der Waals surface area contributed by atoms with Crippen LogP contribution in [0.1, 0.15) is 24.3 Å². The molecule has 2 aromatic heterocycles. The first-order valence-corrected chi connectivity index (χ1v) is 7.89. The quantitative estimate of drug-likeness (QED) is 0.800. The molecule has 4 rings (SSSR count). The minimum absolute atomic E-state index is 0.207. The summed E-state index contributed by atoms with van der Waals surface area (Å²) in [5.41, 5.74) is 1.67. The van der Waals surface area contributed by atoms with Gasteiger partial charge in [-0.2, -0.15) is 5.10 Å². The van der Waals surface area contributed by atoms with E-state index in [9.17, 15) is 4.79 Å². The predicted octanol–water partition coefficient (Wildman–Crippen LogP) is 2.51. The van der Waals surface area contributed by atoms with Crippen LogP contribution in [-0.4, -0.2) is 27.3 Å². The van der Waals surface area contributed by atoms with Gasteiger partial charge in [0.2, 0.25) is 0 Å². The molecule has 7 nitrogen and oxygen atoms in total. The summed E-state index contributed by atoms with van der Waals surface area (Å²) in [6.45, 7) is 2.33. The Labute approximate surface area is 138 Å². The van der Waals surface area contributed by atoms with Crippen molar-refractivity contribution in [3.05, 3.63) is 42.0 Å². The number of carbonyl (C=O) groups excluding carboxylic acids is 1. The minimum atomic E-state index is -1.00. The molecule has 0 saturated carbocycles. The van der Waals surface area contributed by atoms with E-state index in [0.717, 1.165) is 12.0 Å². The highest BCUT2D eigenvalue weighted by atomic mass is 16.5. The number of para-hydroxylation sites is 1. The molecule has 1 aromatic carbocycles. The molecule has 7 heteroatoms. The predicted molar refractivity (Wildman–Crippen MR) is 87.4 cm³/mol. The maximum Gasteiger partial charge on any atom is 0.261 e. The van der Waals surface area contributed by atoms with Crippen LogP contribution in [0.25, 0.3) is 11.1 Å². The number of hydrogen-bond acceptors (Lipinski definition) is 5. The van der Waals surface area contributed by atoms with E-state index < -0.39 is 5.60 Å². The molecule has 0 radical (unpaired) electrons. The molecule has 1 amide bonds. The molecular weight excluding hydrogens is 308 g/mol. The molecule has 1 atom stereocenters. The average molecular weight is 326 g/mol. The van der Waals surface area contributed by atoms with Crippen LogP contribution in [0.15, 0.2) is 35.0 Å². The SMILES string of the molecule is Cc1nc2c(NC(=O)C3(c4cnn(C)c4)CCCO3)cccc2o1. The molecule has 1 fully saturated rings. The largest absolute Gasteiger partial charge is 0.441 e. The van der Waals surface area contributed by atoms with Gasteiger partial charge in [-0.05, 0) is 25.0 Å². The first kappa shape index (κ1) is 14.9. The number of carbonyl (C=O) groups is 1. The van der Waals surface area contributed by atoms with Crippen molar-refractivity contribution in [3.63, 3.8) is 0 Å². The van der Waals surface area contributed by atoms with Crippen molar-refractivity contribution < 1.29 is 13.9 Å². The number of rotatable bonds is 3. The number of ether oxygens (including phenoxy) is 1. The van der Waals surface area contributed by atoms with Gasteiger partial charge in [-0.1, -0.05) is 6.07 Å². The van der Waals surface area contributed by atoms with Crippen LogP contribution in [-0.2, 0) is 22.2 Å². The van der Waals surface area contributed by atoms with Gasteiger partial charge in [0.15, 0.2) is 17.1 Å². The Bertz CT molecular complexity index is 906. The van der Waals surface area contributed by atoms with E-state index in [-0.39, 0.29) is 5.91 Å². The lowest BCUT2D eigenvalue weighted by Crippen LogP contribution is -2.39. The van der Waals surface area contributed by atoms with E-state index in [2.05, 4.69) is 15.4 Å². The molecule has 124 valence electrons. The number of aromatic nitrogens is 3. The van der Waals surface area contributed by atoms with Crippen LogP contribution in [0.4, 0.5) is 5.69 Å². The Morgan fingerprint density at radius 3 is 3.00 bits per heavy atom. The number of nitrogens with one attached hydrogen (secondary N) is 1. The summed E-state index contributed by atoms with van der Waals surface area (Å²) in [4.78, 5) is 17.4. The topological polar surface area (TPSA) is 82.2 Å². The highest BCUT2D eigenvalue weighted by Crippen LogP contribution is 2.37. The zero-order valence-corrected chi connectivity index (χ0v) is 13.6. The maximum absolute atomic E-state index is 13.1. The summed E-state index contributed by atoms with van der Waals surface area (Å²) < 4.78 is 13.1. The Hall–Kier alpha value is -2.67. The number of nitrogens with zero attached hydrogens (tertiary/aromatic N) is 3. The molecule has 0 bridgehead atoms. The monoisotopic (exact) mass is 326 g/mol. The number of aryl methyl sites for hydroxylation is 2. The molecule has 0 aliphatic carbocycles. The van der Waals surface area contributed by atoms with Gasteiger partial charge >= 0.3 is 0 Å². The van der Waals surface area contributed by atoms with E-state index in [0.29, 0.717) is 35.7 Å². The molecule has 3 heterocycles. The van der Waals surface area contributed by atoms with Gasteiger partial charge in [0.05, 0.1) is 11.9 Å². The summed E-state index contributed by atoms with van der Waals surface area (Å²) in [7, 11) is 1.82. The van der Waals surface area contributed by atoms with Gasteiger partial charge in [-0.15, -0.1) is 0 Å². The van der Waals surface area contributed by atoms with Gasteiger partial charge in [-0.25, -0.2) is 4.98 Å². The molecule has 1 aliphatic rings. The van der Waals surface area contributed by atoms with E-state index in [1.54, 1.807) is 17.8 Å². The van der Waals surface area contributed by atoms with E-state index in [1.165, 1.54) is 0 Å². The third-order valence-electron chi connectivity index (χ3n) is 4.33. The van der Waals surface area contributed by atoms with E-state index in [1.807, 2.05) is 31.4 Å². The lowest BCUT2D eigenvalue weighted by molar-refractivity contribution is -0.136.